The molecule has 6 heteroatoms. The number of aliphatic carboxylic acids is 1. The van der Waals surface area contributed by atoms with E-state index >= 15 is 0 Å². The maximum absolute atomic E-state index is 11.8. The van der Waals surface area contributed by atoms with E-state index < -0.39 is 11.5 Å². The van der Waals surface area contributed by atoms with Crippen molar-refractivity contribution in [1.29, 1.82) is 0 Å². The Balaban J connectivity index is 2.37. The van der Waals surface area contributed by atoms with E-state index in [4.69, 9.17) is 14.6 Å². The van der Waals surface area contributed by atoms with Crippen LogP contribution in [-0.2, 0) is 19.1 Å². The third-order valence-corrected chi connectivity index (χ3v) is 3.29. The predicted molar refractivity (Wildman–Crippen MR) is 68.9 cm³/mol. The van der Waals surface area contributed by atoms with Crippen molar-refractivity contribution in [3.8, 4) is 0 Å². The average Bonchev–Trinajstić information content (AvgIpc) is 2.37. The molecule has 0 aromatic heterocycles. The summed E-state index contributed by atoms with van der Waals surface area (Å²) in [5, 5.41) is 11.6. The molecular formula is C13H23NO5. The van der Waals surface area contributed by atoms with Gasteiger partial charge in [-0.25, -0.2) is 4.79 Å². The quantitative estimate of drug-likeness (QED) is 0.721. The first kappa shape index (κ1) is 15.9. The van der Waals surface area contributed by atoms with Crippen molar-refractivity contribution in [2.24, 2.45) is 0 Å². The molecule has 1 heterocycles. The minimum atomic E-state index is -1.38. The van der Waals surface area contributed by atoms with Crippen molar-refractivity contribution in [2.45, 2.75) is 50.7 Å². The number of amides is 1. The highest BCUT2D eigenvalue weighted by Crippen LogP contribution is 2.17. The predicted octanol–water partition coefficient (Wildman–Crippen LogP) is 0.942. The maximum Gasteiger partial charge on any atom is 0.331 e. The molecule has 6 nitrogen and oxygen atoms in total. The second-order valence-electron chi connectivity index (χ2n) is 5.15. The molecular weight excluding hydrogens is 250 g/mol. The van der Waals surface area contributed by atoms with Crippen molar-refractivity contribution >= 4 is 11.9 Å². The lowest BCUT2D eigenvalue weighted by atomic mass is 10.0. The second-order valence-corrected chi connectivity index (χ2v) is 5.15. The number of carboxylic acids is 1. The summed E-state index contributed by atoms with van der Waals surface area (Å²) < 4.78 is 10.4. The third-order valence-electron chi connectivity index (χ3n) is 3.29. The molecule has 1 aliphatic heterocycles. The Hall–Kier alpha value is -1.14. The minimum absolute atomic E-state index is 0.0615. The molecule has 1 amide bonds. The molecule has 110 valence electrons. The standard InChI is InChI=1S/C13H23NO5/c1-13(9-18-2,12(16)17)14-11(15)7-6-10-5-3-4-8-19-10/h10H,3-9H2,1-2H3,(H,14,15)(H,16,17). The summed E-state index contributed by atoms with van der Waals surface area (Å²) in [6.45, 7) is 2.13. The molecule has 19 heavy (non-hydrogen) atoms. The topological polar surface area (TPSA) is 84.9 Å². The highest BCUT2D eigenvalue weighted by atomic mass is 16.5. The summed E-state index contributed by atoms with van der Waals surface area (Å²) in [5.74, 6) is -1.38. The maximum atomic E-state index is 11.8. The smallest absolute Gasteiger partial charge is 0.331 e. The summed E-state index contributed by atoms with van der Waals surface area (Å²) in [4.78, 5) is 22.9. The zero-order valence-corrected chi connectivity index (χ0v) is 11.6. The molecule has 0 bridgehead atoms. The van der Waals surface area contributed by atoms with E-state index in [1.165, 1.54) is 14.0 Å². The van der Waals surface area contributed by atoms with Crippen LogP contribution in [0.4, 0.5) is 0 Å². The van der Waals surface area contributed by atoms with Gasteiger partial charge in [0.05, 0.1) is 12.7 Å². The van der Waals surface area contributed by atoms with Crippen molar-refractivity contribution in [3.63, 3.8) is 0 Å². The molecule has 0 aliphatic carbocycles. The lowest BCUT2D eigenvalue weighted by Crippen LogP contribution is -2.55. The first-order chi connectivity index (χ1) is 8.98. The van der Waals surface area contributed by atoms with Gasteiger partial charge < -0.3 is 19.9 Å². The van der Waals surface area contributed by atoms with Crippen LogP contribution in [0.25, 0.3) is 0 Å². The van der Waals surface area contributed by atoms with Crippen molar-refractivity contribution in [3.05, 3.63) is 0 Å². The number of carboxylic acid groups (broad SMARTS) is 1. The van der Waals surface area contributed by atoms with E-state index in [-0.39, 0.29) is 25.0 Å². The van der Waals surface area contributed by atoms with E-state index in [2.05, 4.69) is 5.32 Å². The van der Waals surface area contributed by atoms with Crippen molar-refractivity contribution < 1.29 is 24.2 Å². The first-order valence-electron chi connectivity index (χ1n) is 6.63. The summed E-state index contributed by atoms with van der Waals surface area (Å²) >= 11 is 0. The average molecular weight is 273 g/mol. The summed E-state index contributed by atoms with van der Waals surface area (Å²) in [5.41, 5.74) is -1.38. The Kier molecular flexibility index (Phi) is 6.24. The largest absolute Gasteiger partial charge is 0.479 e. The van der Waals surface area contributed by atoms with Gasteiger partial charge in [0.1, 0.15) is 0 Å². The van der Waals surface area contributed by atoms with Gasteiger partial charge in [-0.2, -0.15) is 0 Å². The Bertz CT molecular complexity index is 314. The zero-order chi connectivity index (χ0) is 14.3. The SMILES string of the molecule is COCC(C)(NC(=O)CCC1CCCCO1)C(=O)O. The normalized spacial score (nSPS) is 22.5. The van der Waals surface area contributed by atoms with Crippen LogP contribution in [0.3, 0.4) is 0 Å². The Morgan fingerprint density at radius 3 is 2.74 bits per heavy atom. The van der Waals surface area contributed by atoms with Gasteiger partial charge in [0.15, 0.2) is 5.54 Å². The highest BCUT2D eigenvalue weighted by molar-refractivity contribution is 5.86. The monoisotopic (exact) mass is 273 g/mol. The molecule has 2 unspecified atom stereocenters. The fraction of sp³-hybridized carbons (Fsp3) is 0.846. The number of nitrogens with one attached hydrogen (secondary N) is 1. The van der Waals surface area contributed by atoms with Crippen LogP contribution in [0.5, 0.6) is 0 Å². The van der Waals surface area contributed by atoms with Crippen molar-refractivity contribution in [1.82, 2.24) is 5.32 Å². The highest BCUT2D eigenvalue weighted by Gasteiger charge is 2.34. The van der Waals surface area contributed by atoms with Gasteiger partial charge >= 0.3 is 5.97 Å². The number of hydrogen-bond donors (Lipinski definition) is 2. The fourth-order valence-electron chi connectivity index (χ4n) is 2.14. The van der Waals surface area contributed by atoms with Crippen LogP contribution in [0.1, 0.15) is 39.0 Å². The number of rotatable bonds is 7. The van der Waals surface area contributed by atoms with Crippen LogP contribution in [0.15, 0.2) is 0 Å². The van der Waals surface area contributed by atoms with E-state index in [1.807, 2.05) is 0 Å². The molecule has 2 atom stereocenters. The number of carbonyl (C=O) groups excluding carboxylic acids is 1. The van der Waals surface area contributed by atoms with Gasteiger partial charge in [0.2, 0.25) is 5.91 Å². The van der Waals surface area contributed by atoms with Crippen LogP contribution in [-0.4, -0.2) is 48.9 Å². The molecule has 0 aromatic carbocycles. The lowest BCUT2D eigenvalue weighted by Gasteiger charge is -2.26. The summed E-state index contributed by atoms with van der Waals surface area (Å²) in [6, 6.07) is 0. The number of hydrogen-bond acceptors (Lipinski definition) is 4. The molecule has 1 rings (SSSR count). The molecule has 0 spiro atoms. The van der Waals surface area contributed by atoms with Gasteiger partial charge in [-0.1, -0.05) is 0 Å². The number of methoxy groups -OCH3 is 1. The third kappa shape index (κ3) is 5.16. The summed E-state index contributed by atoms with van der Waals surface area (Å²) in [7, 11) is 1.41. The number of ether oxygens (including phenoxy) is 2. The van der Waals surface area contributed by atoms with E-state index in [9.17, 15) is 9.59 Å². The van der Waals surface area contributed by atoms with E-state index in [1.54, 1.807) is 0 Å². The van der Waals surface area contributed by atoms with Crippen LogP contribution >= 0.6 is 0 Å². The second kappa shape index (κ2) is 7.45. The van der Waals surface area contributed by atoms with Crippen LogP contribution < -0.4 is 5.32 Å². The summed E-state index contributed by atoms with van der Waals surface area (Å²) in [6.07, 6.45) is 4.21. The molecule has 1 aliphatic rings. The first-order valence-corrected chi connectivity index (χ1v) is 6.63. The molecule has 0 radical (unpaired) electrons. The van der Waals surface area contributed by atoms with E-state index in [0.29, 0.717) is 6.42 Å². The Labute approximate surface area is 113 Å². The molecule has 1 fully saturated rings. The number of carbonyl (C=O) groups is 2. The van der Waals surface area contributed by atoms with Gasteiger partial charge in [-0.3, -0.25) is 4.79 Å². The Morgan fingerprint density at radius 2 is 2.21 bits per heavy atom. The van der Waals surface area contributed by atoms with Gasteiger partial charge in [-0.05, 0) is 32.6 Å². The van der Waals surface area contributed by atoms with Gasteiger partial charge in [0.25, 0.3) is 0 Å². The van der Waals surface area contributed by atoms with Crippen molar-refractivity contribution in [2.75, 3.05) is 20.3 Å². The van der Waals surface area contributed by atoms with Crippen LogP contribution in [0.2, 0.25) is 0 Å². The lowest BCUT2D eigenvalue weighted by molar-refractivity contribution is -0.149. The van der Waals surface area contributed by atoms with Gasteiger partial charge in [0, 0.05) is 20.1 Å². The van der Waals surface area contributed by atoms with E-state index in [0.717, 1.165) is 25.9 Å². The minimum Gasteiger partial charge on any atom is -0.479 e. The molecule has 2 N–H and O–H groups in total. The van der Waals surface area contributed by atoms with Crippen LogP contribution in [0, 0.1) is 0 Å². The zero-order valence-electron chi connectivity index (χ0n) is 11.6. The fourth-order valence-corrected chi connectivity index (χ4v) is 2.14. The molecule has 0 saturated carbocycles. The molecule has 1 saturated heterocycles. The van der Waals surface area contributed by atoms with Gasteiger partial charge in [-0.15, -0.1) is 0 Å². The molecule has 0 aromatic rings. The Morgan fingerprint density at radius 1 is 1.47 bits per heavy atom.